The Kier molecular flexibility index (Phi) is 4.86. The smallest absolute Gasteiger partial charge is 0.262 e. The van der Waals surface area contributed by atoms with Crippen LogP contribution in [0.2, 0.25) is 0 Å². The van der Waals surface area contributed by atoms with E-state index in [1.807, 2.05) is 0 Å². The Labute approximate surface area is 182 Å². The molecule has 0 aliphatic heterocycles. The van der Waals surface area contributed by atoms with Gasteiger partial charge < -0.3 is 11.5 Å². The van der Waals surface area contributed by atoms with E-state index in [2.05, 4.69) is 4.72 Å². The Morgan fingerprint density at radius 3 is 1.94 bits per heavy atom. The monoisotopic (exact) mass is 449 g/mol. The van der Waals surface area contributed by atoms with E-state index in [9.17, 15) is 27.6 Å². The first-order chi connectivity index (χ1) is 15.1. The molecule has 0 aromatic heterocycles. The molecular weight excluding hydrogens is 434 g/mol. The van der Waals surface area contributed by atoms with Crippen molar-refractivity contribution < 1.29 is 27.6 Å². The zero-order chi connectivity index (χ0) is 23.2. The maximum absolute atomic E-state index is 13.2. The van der Waals surface area contributed by atoms with Crippen LogP contribution in [0.1, 0.15) is 52.6 Å². The predicted octanol–water partition coefficient (Wildman–Crippen LogP) is 1.46. The van der Waals surface area contributed by atoms with E-state index in [1.54, 1.807) is 12.1 Å². The van der Waals surface area contributed by atoms with E-state index in [0.29, 0.717) is 0 Å². The summed E-state index contributed by atoms with van der Waals surface area (Å²) < 4.78 is 28.6. The summed E-state index contributed by atoms with van der Waals surface area (Å²) in [6.07, 6.45) is 0. The number of benzene rings is 3. The van der Waals surface area contributed by atoms with Crippen molar-refractivity contribution in [3.05, 3.63) is 94.0 Å². The molecule has 10 heteroatoms. The number of nitrogens with one attached hydrogen (secondary N) is 1. The molecule has 4 rings (SSSR count). The van der Waals surface area contributed by atoms with Crippen molar-refractivity contribution in [3.63, 3.8) is 0 Å². The third-order valence-electron chi connectivity index (χ3n) is 5.01. The normalized spacial score (nSPS) is 12.6. The van der Waals surface area contributed by atoms with Crippen LogP contribution in [0.3, 0.4) is 0 Å². The van der Waals surface area contributed by atoms with Crippen molar-refractivity contribution in [3.8, 4) is 0 Å². The van der Waals surface area contributed by atoms with Crippen LogP contribution in [0.4, 0.5) is 5.69 Å². The average molecular weight is 449 g/mol. The first-order valence-corrected chi connectivity index (χ1v) is 10.7. The maximum atomic E-state index is 13.2. The van der Waals surface area contributed by atoms with Gasteiger partial charge in [-0.05, 0) is 24.3 Å². The number of anilines is 1. The van der Waals surface area contributed by atoms with Gasteiger partial charge >= 0.3 is 0 Å². The van der Waals surface area contributed by atoms with Gasteiger partial charge in [-0.2, -0.15) is 0 Å². The standard InChI is InChI=1S/C22H15N3O6S/c23-21(28)14-9-8-11(10-16(14)22(24)29)25-32(30,31)17-7-3-6-15-18(17)20(27)13-5-2-1-4-12(13)19(15)26/h1-10,25H,(H2,23,28)(H2,24,29). The number of hydrogen-bond donors (Lipinski definition) is 3. The van der Waals surface area contributed by atoms with E-state index in [1.165, 1.54) is 36.4 Å². The van der Waals surface area contributed by atoms with E-state index in [4.69, 9.17) is 11.5 Å². The van der Waals surface area contributed by atoms with Crippen LogP contribution >= 0.6 is 0 Å². The Hall–Kier alpha value is -4.31. The molecule has 160 valence electrons. The van der Waals surface area contributed by atoms with Crippen LogP contribution in [0.15, 0.2) is 65.6 Å². The van der Waals surface area contributed by atoms with Crippen molar-refractivity contribution in [2.75, 3.05) is 4.72 Å². The van der Waals surface area contributed by atoms with Gasteiger partial charge in [0.15, 0.2) is 11.6 Å². The zero-order valence-corrected chi connectivity index (χ0v) is 17.1. The summed E-state index contributed by atoms with van der Waals surface area (Å²) in [4.78, 5) is 48.7. The number of rotatable bonds is 5. The van der Waals surface area contributed by atoms with Gasteiger partial charge in [0.05, 0.1) is 21.6 Å². The van der Waals surface area contributed by atoms with E-state index >= 15 is 0 Å². The van der Waals surface area contributed by atoms with Crippen LogP contribution in [0.5, 0.6) is 0 Å². The number of nitrogens with two attached hydrogens (primary N) is 2. The fourth-order valence-corrected chi connectivity index (χ4v) is 4.85. The molecule has 0 atom stereocenters. The highest BCUT2D eigenvalue weighted by Gasteiger charge is 2.34. The minimum absolute atomic E-state index is 0.0292. The Morgan fingerprint density at radius 1 is 0.719 bits per heavy atom. The largest absolute Gasteiger partial charge is 0.366 e. The fraction of sp³-hybridized carbons (Fsp3) is 0. The number of carbonyl (C=O) groups is 4. The van der Waals surface area contributed by atoms with Crippen molar-refractivity contribution in [2.45, 2.75) is 4.90 Å². The zero-order valence-electron chi connectivity index (χ0n) is 16.3. The van der Waals surface area contributed by atoms with Gasteiger partial charge in [-0.15, -0.1) is 0 Å². The predicted molar refractivity (Wildman–Crippen MR) is 114 cm³/mol. The van der Waals surface area contributed by atoms with Crippen molar-refractivity contribution in [1.29, 1.82) is 0 Å². The third kappa shape index (κ3) is 3.32. The molecule has 3 aromatic carbocycles. The summed E-state index contributed by atoms with van der Waals surface area (Å²) in [5.41, 5.74) is 9.97. The molecule has 2 amide bonds. The molecule has 0 spiro atoms. The molecular formula is C22H15N3O6S. The molecule has 9 nitrogen and oxygen atoms in total. The molecule has 1 aliphatic carbocycles. The molecule has 0 saturated heterocycles. The Bertz CT molecular complexity index is 1460. The molecule has 0 bridgehead atoms. The summed E-state index contributed by atoms with van der Waals surface area (Å²) in [6, 6.07) is 13.5. The SMILES string of the molecule is NC(=O)c1ccc(NS(=O)(=O)c2cccc3c2C(=O)c2ccccc2C3=O)cc1C(N)=O. The van der Waals surface area contributed by atoms with Gasteiger partial charge in [0, 0.05) is 22.4 Å². The second-order valence-corrected chi connectivity index (χ2v) is 8.63. The van der Waals surface area contributed by atoms with E-state index < -0.39 is 38.3 Å². The van der Waals surface area contributed by atoms with Gasteiger partial charge in [-0.1, -0.05) is 36.4 Å². The minimum Gasteiger partial charge on any atom is -0.366 e. The number of primary amides is 2. The Morgan fingerprint density at radius 2 is 1.31 bits per heavy atom. The van der Waals surface area contributed by atoms with Crippen LogP contribution in [0, 0.1) is 0 Å². The molecule has 5 N–H and O–H groups in total. The molecule has 0 saturated carbocycles. The second kappa shape index (κ2) is 7.43. The van der Waals surface area contributed by atoms with Crippen molar-refractivity contribution in [1.82, 2.24) is 0 Å². The number of sulfonamides is 1. The topological polar surface area (TPSA) is 166 Å². The highest BCUT2D eigenvalue weighted by molar-refractivity contribution is 7.92. The minimum atomic E-state index is -4.38. The van der Waals surface area contributed by atoms with Gasteiger partial charge in [0.25, 0.3) is 10.0 Å². The van der Waals surface area contributed by atoms with Gasteiger partial charge in [-0.25, -0.2) is 8.42 Å². The summed E-state index contributed by atoms with van der Waals surface area (Å²) in [7, 11) is -4.38. The first-order valence-electron chi connectivity index (χ1n) is 9.19. The Balaban J connectivity index is 1.81. The van der Waals surface area contributed by atoms with Crippen LogP contribution in [-0.2, 0) is 10.0 Å². The maximum Gasteiger partial charge on any atom is 0.262 e. The lowest BCUT2D eigenvalue weighted by atomic mass is 9.84. The van der Waals surface area contributed by atoms with E-state index in [-0.39, 0.29) is 39.1 Å². The number of fused-ring (bicyclic) bond motifs is 2. The average Bonchev–Trinajstić information content (AvgIpc) is 2.76. The lowest BCUT2D eigenvalue weighted by molar-refractivity contribution is 0.0967. The highest BCUT2D eigenvalue weighted by Crippen LogP contribution is 2.32. The number of hydrogen-bond acceptors (Lipinski definition) is 6. The fourth-order valence-electron chi connectivity index (χ4n) is 3.57. The quantitative estimate of drug-likeness (QED) is 0.417. The van der Waals surface area contributed by atoms with Gasteiger partial charge in [0.2, 0.25) is 11.8 Å². The first kappa shape index (κ1) is 20.9. The lowest BCUT2D eigenvalue weighted by Gasteiger charge is -2.20. The van der Waals surface area contributed by atoms with Crippen molar-refractivity contribution in [2.24, 2.45) is 11.5 Å². The number of amides is 2. The molecule has 0 heterocycles. The van der Waals surface area contributed by atoms with Crippen LogP contribution in [-0.4, -0.2) is 31.8 Å². The number of ketones is 2. The van der Waals surface area contributed by atoms with Crippen LogP contribution in [0.25, 0.3) is 0 Å². The van der Waals surface area contributed by atoms with E-state index in [0.717, 1.165) is 12.1 Å². The van der Waals surface area contributed by atoms with Crippen molar-refractivity contribution >= 4 is 39.1 Å². The molecule has 0 fully saturated rings. The second-order valence-electron chi connectivity index (χ2n) is 6.98. The van der Waals surface area contributed by atoms with Gasteiger partial charge in [0.1, 0.15) is 0 Å². The van der Waals surface area contributed by atoms with Crippen LogP contribution < -0.4 is 16.2 Å². The molecule has 3 aromatic rings. The highest BCUT2D eigenvalue weighted by atomic mass is 32.2. The molecule has 32 heavy (non-hydrogen) atoms. The lowest BCUT2D eigenvalue weighted by Crippen LogP contribution is -2.26. The van der Waals surface area contributed by atoms with Gasteiger partial charge in [-0.3, -0.25) is 23.9 Å². The summed E-state index contributed by atoms with van der Waals surface area (Å²) >= 11 is 0. The third-order valence-corrected chi connectivity index (χ3v) is 6.43. The summed E-state index contributed by atoms with van der Waals surface area (Å²) in [6.45, 7) is 0. The molecule has 0 radical (unpaired) electrons. The molecule has 1 aliphatic rings. The molecule has 0 unspecified atom stereocenters. The summed E-state index contributed by atoms with van der Waals surface area (Å²) in [5.74, 6) is -2.95. The number of carbonyl (C=O) groups excluding carboxylic acids is 4. The summed E-state index contributed by atoms with van der Waals surface area (Å²) in [5, 5.41) is 0.